The van der Waals surface area contributed by atoms with Gasteiger partial charge < -0.3 is 14.2 Å². The van der Waals surface area contributed by atoms with Gasteiger partial charge in [-0.2, -0.15) is 0 Å². The molecule has 98 valence electrons. The van der Waals surface area contributed by atoms with Crippen molar-refractivity contribution in [2.45, 2.75) is 13.2 Å². The van der Waals surface area contributed by atoms with Gasteiger partial charge in [0.05, 0.1) is 13.2 Å². The Kier molecular flexibility index (Phi) is 3.49. The van der Waals surface area contributed by atoms with E-state index in [0.717, 1.165) is 17.1 Å². The van der Waals surface area contributed by atoms with E-state index in [1.807, 2.05) is 55.5 Å². The molecule has 19 heavy (non-hydrogen) atoms. The lowest BCUT2D eigenvalue weighted by Crippen LogP contribution is -1.97. The SMILES string of the molecule is Cc1cccc(Oc2ccc(C3OCCO3)cc2)c1. The van der Waals surface area contributed by atoms with Crippen molar-refractivity contribution < 1.29 is 14.2 Å². The third kappa shape index (κ3) is 2.95. The number of rotatable bonds is 3. The Bertz CT molecular complexity index is 542. The summed E-state index contributed by atoms with van der Waals surface area (Å²) in [4.78, 5) is 0. The molecule has 0 atom stereocenters. The summed E-state index contributed by atoms with van der Waals surface area (Å²) in [5, 5.41) is 0. The fourth-order valence-corrected chi connectivity index (χ4v) is 2.06. The molecule has 0 aromatic heterocycles. The fraction of sp³-hybridized carbons (Fsp3) is 0.250. The first-order valence-corrected chi connectivity index (χ1v) is 6.39. The van der Waals surface area contributed by atoms with Crippen molar-refractivity contribution in [2.75, 3.05) is 13.2 Å². The van der Waals surface area contributed by atoms with Crippen LogP contribution in [0.5, 0.6) is 11.5 Å². The monoisotopic (exact) mass is 256 g/mol. The van der Waals surface area contributed by atoms with Crippen LogP contribution in [0.25, 0.3) is 0 Å². The van der Waals surface area contributed by atoms with Crippen LogP contribution < -0.4 is 4.74 Å². The molecule has 1 saturated heterocycles. The van der Waals surface area contributed by atoms with Crippen molar-refractivity contribution in [1.29, 1.82) is 0 Å². The molecular weight excluding hydrogens is 240 g/mol. The lowest BCUT2D eigenvalue weighted by atomic mass is 10.2. The molecule has 0 aliphatic carbocycles. The van der Waals surface area contributed by atoms with Gasteiger partial charge in [-0.05, 0) is 36.8 Å². The van der Waals surface area contributed by atoms with Crippen LogP contribution >= 0.6 is 0 Å². The Morgan fingerprint density at radius 1 is 0.947 bits per heavy atom. The van der Waals surface area contributed by atoms with Crippen LogP contribution in [0.4, 0.5) is 0 Å². The smallest absolute Gasteiger partial charge is 0.184 e. The van der Waals surface area contributed by atoms with Crippen LogP contribution in [0.3, 0.4) is 0 Å². The van der Waals surface area contributed by atoms with Crippen LogP contribution in [0, 0.1) is 6.92 Å². The molecule has 0 saturated carbocycles. The Labute approximate surface area is 112 Å². The third-order valence-electron chi connectivity index (χ3n) is 3.00. The molecule has 1 fully saturated rings. The summed E-state index contributed by atoms with van der Waals surface area (Å²) in [5.74, 6) is 1.66. The maximum absolute atomic E-state index is 5.80. The van der Waals surface area contributed by atoms with E-state index in [9.17, 15) is 0 Å². The molecule has 1 aliphatic heterocycles. The molecule has 0 bridgehead atoms. The lowest BCUT2D eigenvalue weighted by molar-refractivity contribution is -0.0441. The summed E-state index contributed by atoms with van der Waals surface area (Å²) in [6, 6.07) is 15.8. The second-order valence-electron chi connectivity index (χ2n) is 4.56. The molecule has 1 aliphatic rings. The van der Waals surface area contributed by atoms with Crippen molar-refractivity contribution in [3.05, 3.63) is 59.7 Å². The van der Waals surface area contributed by atoms with Crippen LogP contribution in [-0.2, 0) is 9.47 Å². The number of hydrogen-bond donors (Lipinski definition) is 0. The highest BCUT2D eigenvalue weighted by Crippen LogP contribution is 2.27. The van der Waals surface area contributed by atoms with Gasteiger partial charge >= 0.3 is 0 Å². The Morgan fingerprint density at radius 3 is 2.37 bits per heavy atom. The first kappa shape index (κ1) is 12.2. The zero-order chi connectivity index (χ0) is 13.1. The number of aryl methyl sites for hydroxylation is 1. The third-order valence-corrected chi connectivity index (χ3v) is 3.00. The molecule has 3 heteroatoms. The van der Waals surface area contributed by atoms with Crippen molar-refractivity contribution in [3.8, 4) is 11.5 Å². The second-order valence-corrected chi connectivity index (χ2v) is 4.56. The number of hydrogen-bond acceptors (Lipinski definition) is 3. The fourth-order valence-electron chi connectivity index (χ4n) is 2.06. The van der Waals surface area contributed by atoms with Crippen LogP contribution in [0.1, 0.15) is 17.4 Å². The summed E-state index contributed by atoms with van der Waals surface area (Å²) >= 11 is 0. The van der Waals surface area contributed by atoms with E-state index in [2.05, 4.69) is 0 Å². The van der Waals surface area contributed by atoms with Gasteiger partial charge in [0.25, 0.3) is 0 Å². The Hall–Kier alpha value is -1.84. The maximum Gasteiger partial charge on any atom is 0.184 e. The van der Waals surface area contributed by atoms with Gasteiger partial charge in [0.15, 0.2) is 6.29 Å². The van der Waals surface area contributed by atoms with Crippen molar-refractivity contribution in [1.82, 2.24) is 0 Å². The number of ether oxygens (including phenoxy) is 3. The largest absolute Gasteiger partial charge is 0.457 e. The Morgan fingerprint density at radius 2 is 1.68 bits per heavy atom. The zero-order valence-corrected chi connectivity index (χ0v) is 10.8. The first-order valence-electron chi connectivity index (χ1n) is 6.39. The molecule has 1 heterocycles. The quantitative estimate of drug-likeness (QED) is 0.835. The average Bonchev–Trinajstić information content (AvgIpc) is 2.94. The molecule has 2 aromatic rings. The van der Waals surface area contributed by atoms with Crippen LogP contribution in [0.15, 0.2) is 48.5 Å². The molecule has 0 spiro atoms. The molecular formula is C16H16O3. The van der Waals surface area contributed by atoms with Crippen molar-refractivity contribution in [2.24, 2.45) is 0 Å². The van der Waals surface area contributed by atoms with Gasteiger partial charge in [-0.25, -0.2) is 0 Å². The summed E-state index contributed by atoms with van der Waals surface area (Å²) in [7, 11) is 0. The number of benzene rings is 2. The highest BCUT2D eigenvalue weighted by Gasteiger charge is 2.17. The van der Waals surface area contributed by atoms with E-state index in [1.54, 1.807) is 0 Å². The minimum Gasteiger partial charge on any atom is -0.457 e. The zero-order valence-electron chi connectivity index (χ0n) is 10.8. The first-order chi connectivity index (χ1) is 9.31. The van der Waals surface area contributed by atoms with Gasteiger partial charge in [-0.1, -0.05) is 24.3 Å². The average molecular weight is 256 g/mol. The van der Waals surface area contributed by atoms with E-state index >= 15 is 0 Å². The highest BCUT2D eigenvalue weighted by molar-refractivity contribution is 5.35. The minimum absolute atomic E-state index is 0.229. The van der Waals surface area contributed by atoms with Crippen molar-refractivity contribution in [3.63, 3.8) is 0 Å². The van der Waals surface area contributed by atoms with Crippen LogP contribution in [-0.4, -0.2) is 13.2 Å². The Balaban J connectivity index is 1.72. The summed E-state index contributed by atoms with van der Waals surface area (Å²) in [6.07, 6.45) is -0.229. The molecule has 0 N–H and O–H groups in total. The van der Waals surface area contributed by atoms with E-state index in [1.165, 1.54) is 5.56 Å². The normalized spacial score (nSPS) is 15.6. The van der Waals surface area contributed by atoms with E-state index in [-0.39, 0.29) is 6.29 Å². The van der Waals surface area contributed by atoms with E-state index in [0.29, 0.717) is 13.2 Å². The van der Waals surface area contributed by atoms with E-state index < -0.39 is 0 Å². The maximum atomic E-state index is 5.80. The summed E-state index contributed by atoms with van der Waals surface area (Å²) in [6.45, 7) is 3.36. The van der Waals surface area contributed by atoms with Gasteiger partial charge in [-0.15, -0.1) is 0 Å². The van der Waals surface area contributed by atoms with Crippen molar-refractivity contribution >= 4 is 0 Å². The molecule has 0 unspecified atom stereocenters. The summed E-state index contributed by atoms with van der Waals surface area (Å²) < 4.78 is 16.7. The predicted octanol–water partition coefficient (Wildman–Crippen LogP) is 3.83. The second kappa shape index (κ2) is 5.43. The molecule has 0 radical (unpaired) electrons. The standard InChI is InChI=1S/C16H16O3/c1-12-3-2-4-15(11-12)19-14-7-5-13(6-8-14)16-17-9-10-18-16/h2-8,11,16H,9-10H2,1H3. The van der Waals surface area contributed by atoms with E-state index in [4.69, 9.17) is 14.2 Å². The molecule has 2 aromatic carbocycles. The highest BCUT2D eigenvalue weighted by atomic mass is 16.7. The van der Waals surface area contributed by atoms with Gasteiger partial charge in [0.2, 0.25) is 0 Å². The minimum atomic E-state index is -0.229. The topological polar surface area (TPSA) is 27.7 Å². The van der Waals surface area contributed by atoms with Gasteiger partial charge in [0.1, 0.15) is 11.5 Å². The lowest BCUT2D eigenvalue weighted by Gasteiger charge is -2.11. The molecule has 0 amide bonds. The van der Waals surface area contributed by atoms with Crippen LogP contribution in [0.2, 0.25) is 0 Å². The van der Waals surface area contributed by atoms with Gasteiger partial charge in [-0.3, -0.25) is 0 Å². The predicted molar refractivity (Wildman–Crippen MR) is 72.3 cm³/mol. The molecule has 3 nitrogen and oxygen atoms in total. The molecule has 3 rings (SSSR count). The summed E-state index contributed by atoms with van der Waals surface area (Å²) in [5.41, 5.74) is 2.20. The van der Waals surface area contributed by atoms with Gasteiger partial charge in [0, 0.05) is 5.56 Å².